The van der Waals surface area contributed by atoms with Gasteiger partial charge in [0.2, 0.25) is 0 Å². The molecule has 0 fully saturated rings. The van der Waals surface area contributed by atoms with Crippen molar-refractivity contribution >= 4 is 10.4 Å². The molecule has 0 aliphatic carbocycles. The summed E-state index contributed by atoms with van der Waals surface area (Å²) in [4.78, 5) is 4.28. The van der Waals surface area contributed by atoms with Gasteiger partial charge in [-0.15, -0.1) is 0 Å². The minimum Gasteiger partial charge on any atom is -0.759 e. The van der Waals surface area contributed by atoms with E-state index in [1.54, 1.807) is 0 Å². The molecule has 0 saturated carbocycles. The molecular formula is C4H14N2O6S-2. The minimum absolute atomic E-state index is 0.691. The lowest BCUT2D eigenvalue weighted by Crippen LogP contribution is -1.99. The second-order valence-corrected chi connectivity index (χ2v) is 2.45. The quantitative estimate of drug-likeness (QED) is 0.227. The van der Waals surface area contributed by atoms with Gasteiger partial charge >= 0.3 is 0 Å². The zero-order valence-electron chi connectivity index (χ0n) is 7.17. The lowest BCUT2D eigenvalue weighted by molar-refractivity contribution is 0.135. The highest BCUT2D eigenvalue weighted by molar-refractivity contribution is 7.79. The van der Waals surface area contributed by atoms with E-state index in [0.717, 1.165) is 12.8 Å². The van der Waals surface area contributed by atoms with Crippen LogP contribution in [0.15, 0.2) is 0 Å². The average Bonchev–Trinajstić information content (AvgIpc) is 2.02. The van der Waals surface area contributed by atoms with Crippen molar-refractivity contribution in [1.29, 1.82) is 0 Å². The highest BCUT2D eigenvalue weighted by Crippen LogP contribution is 1.82. The second kappa shape index (κ2) is 14.2. The maximum Gasteiger partial charge on any atom is 0.0679 e. The van der Waals surface area contributed by atoms with Crippen LogP contribution in [-0.4, -0.2) is 29.3 Å². The van der Waals surface area contributed by atoms with Gasteiger partial charge in [0.05, 0.1) is 6.61 Å². The van der Waals surface area contributed by atoms with E-state index in [1.165, 1.54) is 0 Å². The summed E-state index contributed by atoms with van der Waals surface area (Å²) < 4.78 is 34.1. The van der Waals surface area contributed by atoms with Crippen molar-refractivity contribution in [2.75, 3.05) is 6.61 Å². The third-order valence-corrected chi connectivity index (χ3v) is 0.616. The summed E-state index contributed by atoms with van der Waals surface area (Å²) in [6.45, 7) is 2.79. The summed E-state index contributed by atoms with van der Waals surface area (Å²) in [7, 11) is -5.17. The molecule has 9 heteroatoms. The molecule has 0 unspecified atom stereocenters. The van der Waals surface area contributed by atoms with Crippen LogP contribution < -0.4 is 11.8 Å². The molecular weight excluding hydrogens is 204 g/mol. The Bertz CT molecular complexity index is 146. The fourth-order valence-electron chi connectivity index (χ4n) is 0.228. The van der Waals surface area contributed by atoms with Gasteiger partial charge in [-0.3, -0.25) is 8.42 Å². The Labute approximate surface area is 77.0 Å². The summed E-state index contributed by atoms with van der Waals surface area (Å²) in [6.07, 6.45) is 2.22. The standard InChI is InChI=1S/C4H11NO.H3NO.H2O4S/c1-2-3-4-6-5;1-2;1-5(2,3)4/h2-5H2,1H3;2H,1H2;(H2,1,2,3,4)/p-2. The Morgan fingerprint density at radius 2 is 1.69 bits per heavy atom. The largest absolute Gasteiger partial charge is 0.759 e. The van der Waals surface area contributed by atoms with Crippen LogP contribution in [-0.2, 0) is 15.2 Å². The molecule has 0 saturated heterocycles. The smallest absolute Gasteiger partial charge is 0.0679 e. The van der Waals surface area contributed by atoms with Gasteiger partial charge in [0.25, 0.3) is 0 Å². The monoisotopic (exact) mass is 218 g/mol. The number of hydrogen-bond donors (Lipinski definition) is 3. The highest BCUT2D eigenvalue weighted by Gasteiger charge is 1.75. The molecule has 5 N–H and O–H groups in total. The summed E-state index contributed by atoms with van der Waals surface area (Å²) in [6, 6.07) is 0. The van der Waals surface area contributed by atoms with Crippen molar-refractivity contribution in [2.45, 2.75) is 19.8 Å². The maximum absolute atomic E-state index is 8.52. The van der Waals surface area contributed by atoms with Gasteiger partial charge in [0, 0.05) is 10.4 Å². The van der Waals surface area contributed by atoms with Crippen LogP contribution in [0, 0.1) is 0 Å². The summed E-state index contributed by atoms with van der Waals surface area (Å²) in [5.74, 6) is 8.21. The molecule has 0 aromatic heterocycles. The number of rotatable bonds is 3. The molecule has 0 aromatic rings. The van der Waals surface area contributed by atoms with E-state index >= 15 is 0 Å². The maximum atomic E-state index is 8.52. The Balaban J connectivity index is -0.000000131. The van der Waals surface area contributed by atoms with Crippen molar-refractivity contribution in [3.05, 3.63) is 0 Å². The van der Waals surface area contributed by atoms with Gasteiger partial charge in [0.15, 0.2) is 0 Å². The van der Waals surface area contributed by atoms with Gasteiger partial charge in [-0.05, 0) is 6.42 Å². The van der Waals surface area contributed by atoms with E-state index in [0.29, 0.717) is 6.61 Å². The molecule has 0 atom stereocenters. The molecule has 0 spiro atoms. The zero-order chi connectivity index (χ0) is 11.3. The molecule has 0 aromatic carbocycles. The lowest BCUT2D eigenvalue weighted by atomic mass is 10.4. The number of hydrogen-bond acceptors (Lipinski definition) is 8. The minimum atomic E-state index is -5.17. The molecule has 0 radical (unpaired) electrons. The van der Waals surface area contributed by atoms with Crippen LogP contribution in [0.4, 0.5) is 0 Å². The lowest BCUT2D eigenvalue weighted by Gasteiger charge is -2.06. The summed E-state index contributed by atoms with van der Waals surface area (Å²) in [5, 5.41) is 6.50. The van der Waals surface area contributed by atoms with E-state index < -0.39 is 10.4 Å². The average molecular weight is 218 g/mol. The van der Waals surface area contributed by atoms with Crippen molar-refractivity contribution in [3.8, 4) is 0 Å². The van der Waals surface area contributed by atoms with Crippen LogP contribution in [0.2, 0.25) is 0 Å². The van der Waals surface area contributed by atoms with Crippen LogP contribution in [0.3, 0.4) is 0 Å². The van der Waals surface area contributed by atoms with Gasteiger partial charge in [-0.25, -0.2) is 11.8 Å². The van der Waals surface area contributed by atoms with Crippen molar-refractivity contribution in [2.24, 2.45) is 11.8 Å². The third kappa shape index (κ3) is 150. The molecule has 0 rings (SSSR count). The Morgan fingerprint density at radius 1 is 1.38 bits per heavy atom. The molecule has 8 nitrogen and oxygen atoms in total. The topological polar surface area (TPSA) is 162 Å². The van der Waals surface area contributed by atoms with Gasteiger partial charge in [-0.1, -0.05) is 13.3 Å². The SMILES string of the molecule is CCCCON.NO.O=S(=O)([O-])[O-]. The van der Waals surface area contributed by atoms with Crippen LogP contribution >= 0.6 is 0 Å². The van der Waals surface area contributed by atoms with Crippen molar-refractivity contribution < 1.29 is 27.6 Å². The van der Waals surface area contributed by atoms with Crippen molar-refractivity contribution in [3.63, 3.8) is 0 Å². The zero-order valence-corrected chi connectivity index (χ0v) is 7.99. The predicted molar refractivity (Wildman–Crippen MR) is 41.5 cm³/mol. The van der Waals surface area contributed by atoms with E-state index in [2.05, 4.69) is 17.7 Å². The number of unbranched alkanes of at least 4 members (excludes halogenated alkanes) is 1. The highest BCUT2D eigenvalue weighted by atomic mass is 32.3. The first-order valence-corrected chi connectivity index (χ1v) is 4.49. The second-order valence-electron chi connectivity index (χ2n) is 1.63. The van der Waals surface area contributed by atoms with Crippen molar-refractivity contribution in [1.82, 2.24) is 0 Å². The Kier molecular flexibility index (Phi) is 20.3. The van der Waals surface area contributed by atoms with Gasteiger partial charge in [-0.2, -0.15) is 0 Å². The molecule has 0 heterocycles. The van der Waals surface area contributed by atoms with Crippen LogP contribution in [0.25, 0.3) is 0 Å². The van der Waals surface area contributed by atoms with E-state index in [9.17, 15) is 0 Å². The fourth-order valence-corrected chi connectivity index (χ4v) is 0.228. The summed E-state index contributed by atoms with van der Waals surface area (Å²) in [5.41, 5.74) is 0. The Hall–Kier alpha value is -0.290. The molecule has 0 amide bonds. The fraction of sp³-hybridized carbons (Fsp3) is 1.00. The first-order chi connectivity index (χ1) is 5.91. The Morgan fingerprint density at radius 3 is 1.77 bits per heavy atom. The van der Waals surface area contributed by atoms with Gasteiger partial charge in [0.1, 0.15) is 0 Å². The van der Waals surface area contributed by atoms with E-state index in [4.69, 9.17) is 28.6 Å². The molecule has 13 heavy (non-hydrogen) atoms. The normalized spacial score (nSPS) is 9.08. The molecule has 0 aliphatic heterocycles. The predicted octanol–water partition coefficient (Wildman–Crippen LogP) is -1.33. The number of nitrogens with two attached hydrogens (primary N) is 2. The molecule has 84 valence electrons. The van der Waals surface area contributed by atoms with Crippen LogP contribution in [0.1, 0.15) is 19.8 Å². The van der Waals surface area contributed by atoms with E-state index in [-0.39, 0.29) is 0 Å². The first kappa shape index (κ1) is 18.5. The summed E-state index contributed by atoms with van der Waals surface area (Å²) >= 11 is 0. The first-order valence-electron chi connectivity index (χ1n) is 3.16. The van der Waals surface area contributed by atoms with Gasteiger partial charge < -0.3 is 19.2 Å². The van der Waals surface area contributed by atoms with E-state index in [1.807, 2.05) is 0 Å². The molecule has 0 bridgehead atoms. The van der Waals surface area contributed by atoms with Crippen LogP contribution in [0.5, 0.6) is 0 Å². The third-order valence-electron chi connectivity index (χ3n) is 0.616. The molecule has 0 aliphatic rings.